The fraction of sp³-hybridized carbons (Fsp3) is 0.154. The summed E-state index contributed by atoms with van der Waals surface area (Å²) in [6.45, 7) is 1.71. The van der Waals surface area contributed by atoms with Crippen molar-refractivity contribution in [1.82, 2.24) is 4.98 Å². The second-order valence-electron chi connectivity index (χ2n) is 4.08. The number of carbonyl (C=O) groups excluding carboxylic acids is 1. The third kappa shape index (κ3) is 3.38. The molecular weight excluding hydrogens is 303 g/mol. The third-order valence-electron chi connectivity index (χ3n) is 2.55. The molecule has 0 aliphatic rings. The van der Waals surface area contributed by atoms with Crippen molar-refractivity contribution in [1.29, 1.82) is 5.26 Å². The highest BCUT2D eigenvalue weighted by Crippen LogP contribution is 2.33. The molecule has 0 spiro atoms. The molecule has 1 heterocycles. The van der Waals surface area contributed by atoms with Crippen LogP contribution in [-0.2, 0) is 6.18 Å². The average molecular weight is 311 g/mol. The van der Waals surface area contributed by atoms with Crippen molar-refractivity contribution in [2.75, 3.05) is 5.32 Å². The molecule has 0 aliphatic heterocycles. The van der Waals surface area contributed by atoms with Gasteiger partial charge < -0.3 is 5.32 Å². The van der Waals surface area contributed by atoms with Crippen LogP contribution in [0.2, 0.25) is 0 Å². The van der Waals surface area contributed by atoms with Gasteiger partial charge >= 0.3 is 6.18 Å². The lowest BCUT2D eigenvalue weighted by atomic mass is 10.1. The van der Waals surface area contributed by atoms with E-state index in [2.05, 4.69) is 10.3 Å². The van der Waals surface area contributed by atoms with Crippen LogP contribution in [0.4, 0.5) is 18.9 Å². The van der Waals surface area contributed by atoms with Crippen molar-refractivity contribution in [3.05, 3.63) is 45.4 Å². The number of aryl methyl sites for hydroxylation is 1. The Balaban J connectivity index is 2.30. The molecule has 0 saturated carbocycles. The molecule has 0 bridgehead atoms. The maximum atomic E-state index is 12.8. The van der Waals surface area contributed by atoms with Crippen molar-refractivity contribution in [3.8, 4) is 6.07 Å². The number of nitriles is 1. The molecule has 0 unspecified atom stereocenters. The van der Waals surface area contributed by atoms with E-state index in [1.54, 1.807) is 6.92 Å². The number of nitrogens with one attached hydrogen (secondary N) is 1. The number of alkyl halides is 3. The van der Waals surface area contributed by atoms with Crippen molar-refractivity contribution in [2.24, 2.45) is 0 Å². The molecule has 1 amide bonds. The van der Waals surface area contributed by atoms with E-state index in [-0.39, 0.29) is 11.4 Å². The topological polar surface area (TPSA) is 65.8 Å². The van der Waals surface area contributed by atoms with Gasteiger partial charge in [0.1, 0.15) is 5.69 Å². The van der Waals surface area contributed by atoms with E-state index in [1.165, 1.54) is 28.9 Å². The molecule has 0 atom stereocenters. The number of nitrogens with zero attached hydrogens (tertiary/aromatic N) is 2. The summed E-state index contributed by atoms with van der Waals surface area (Å²) in [6.07, 6.45) is -4.66. The Labute approximate surface area is 121 Å². The van der Waals surface area contributed by atoms with Gasteiger partial charge in [0.2, 0.25) is 0 Å². The largest absolute Gasteiger partial charge is 0.417 e. The minimum absolute atomic E-state index is 0.0445. The molecule has 0 fully saturated rings. The summed E-state index contributed by atoms with van der Waals surface area (Å²) in [5, 5.41) is 13.2. The second-order valence-corrected chi connectivity index (χ2v) is 5.14. The van der Waals surface area contributed by atoms with Crippen LogP contribution in [0.3, 0.4) is 0 Å². The van der Waals surface area contributed by atoms with E-state index in [1.807, 2.05) is 0 Å². The maximum Gasteiger partial charge on any atom is 0.417 e. The monoisotopic (exact) mass is 311 g/mol. The highest BCUT2D eigenvalue weighted by atomic mass is 32.1. The lowest BCUT2D eigenvalue weighted by molar-refractivity contribution is -0.137. The second kappa shape index (κ2) is 5.54. The SMILES string of the molecule is Cc1nc(C(=O)Nc2ccc(C#N)c(C(F)(F)F)c2)cs1. The number of amides is 1. The Bertz CT molecular complexity index is 731. The molecule has 1 N–H and O–H groups in total. The minimum atomic E-state index is -4.66. The van der Waals surface area contributed by atoms with E-state index in [0.717, 1.165) is 12.1 Å². The zero-order chi connectivity index (χ0) is 15.6. The Morgan fingerprint density at radius 2 is 2.14 bits per heavy atom. The Hall–Kier alpha value is -2.40. The fourth-order valence-electron chi connectivity index (χ4n) is 1.62. The van der Waals surface area contributed by atoms with Gasteiger partial charge in [0.05, 0.1) is 22.2 Å². The van der Waals surface area contributed by atoms with Gasteiger partial charge in [-0.15, -0.1) is 11.3 Å². The summed E-state index contributed by atoms with van der Waals surface area (Å²) in [6, 6.07) is 4.47. The molecule has 21 heavy (non-hydrogen) atoms. The number of hydrogen-bond donors (Lipinski definition) is 1. The van der Waals surface area contributed by atoms with Crippen LogP contribution in [0.25, 0.3) is 0 Å². The van der Waals surface area contributed by atoms with Gasteiger partial charge in [-0.05, 0) is 25.1 Å². The Kier molecular flexibility index (Phi) is 3.95. The number of halogens is 3. The first-order valence-electron chi connectivity index (χ1n) is 5.66. The molecule has 0 saturated heterocycles. The Morgan fingerprint density at radius 1 is 1.43 bits per heavy atom. The number of hydrogen-bond acceptors (Lipinski definition) is 4. The summed E-state index contributed by atoms with van der Waals surface area (Å²) in [4.78, 5) is 15.8. The molecule has 1 aromatic carbocycles. The fourth-order valence-corrected chi connectivity index (χ4v) is 2.21. The minimum Gasteiger partial charge on any atom is -0.321 e. The number of carbonyl (C=O) groups is 1. The normalized spacial score (nSPS) is 11.0. The molecule has 0 radical (unpaired) electrons. The zero-order valence-corrected chi connectivity index (χ0v) is 11.5. The van der Waals surface area contributed by atoms with E-state index in [0.29, 0.717) is 5.01 Å². The predicted octanol–water partition coefficient (Wildman–Crippen LogP) is 3.59. The highest BCUT2D eigenvalue weighted by Gasteiger charge is 2.34. The number of benzene rings is 1. The van der Waals surface area contributed by atoms with Crippen molar-refractivity contribution < 1.29 is 18.0 Å². The first-order chi connectivity index (χ1) is 9.81. The molecule has 0 aliphatic carbocycles. The Morgan fingerprint density at radius 3 is 2.67 bits per heavy atom. The van der Waals surface area contributed by atoms with Crippen LogP contribution < -0.4 is 5.32 Å². The lowest BCUT2D eigenvalue weighted by Gasteiger charge is -2.11. The van der Waals surface area contributed by atoms with Crippen LogP contribution in [0, 0.1) is 18.3 Å². The summed E-state index contributed by atoms with van der Waals surface area (Å²) in [5.41, 5.74) is -1.49. The van der Waals surface area contributed by atoms with Gasteiger partial charge in [-0.2, -0.15) is 18.4 Å². The zero-order valence-electron chi connectivity index (χ0n) is 10.7. The number of anilines is 1. The van der Waals surface area contributed by atoms with Gasteiger partial charge in [-0.1, -0.05) is 0 Å². The summed E-state index contributed by atoms with van der Waals surface area (Å²) in [5.74, 6) is -0.600. The number of thiazole rings is 1. The molecule has 1 aromatic heterocycles. The summed E-state index contributed by atoms with van der Waals surface area (Å²) >= 11 is 1.26. The van der Waals surface area contributed by atoms with E-state index in [9.17, 15) is 18.0 Å². The van der Waals surface area contributed by atoms with Gasteiger partial charge in [-0.25, -0.2) is 4.98 Å². The number of aromatic nitrogens is 1. The van der Waals surface area contributed by atoms with E-state index < -0.39 is 23.2 Å². The smallest absolute Gasteiger partial charge is 0.321 e. The van der Waals surface area contributed by atoms with E-state index >= 15 is 0 Å². The van der Waals surface area contributed by atoms with Crippen LogP contribution in [0.5, 0.6) is 0 Å². The van der Waals surface area contributed by atoms with Crippen LogP contribution in [-0.4, -0.2) is 10.9 Å². The highest BCUT2D eigenvalue weighted by molar-refractivity contribution is 7.09. The summed E-state index contributed by atoms with van der Waals surface area (Å²) < 4.78 is 38.4. The quantitative estimate of drug-likeness (QED) is 0.921. The molecule has 108 valence electrons. The summed E-state index contributed by atoms with van der Waals surface area (Å²) in [7, 11) is 0. The predicted molar refractivity (Wildman–Crippen MR) is 71.0 cm³/mol. The molecule has 8 heteroatoms. The van der Waals surface area contributed by atoms with E-state index in [4.69, 9.17) is 5.26 Å². The first kappa shape index (κ1) is 15.0. The standard InChI is InChI=1S/C13H8F3N3OS/c1-7-18-11(6-21-7)12(20)19-9-3-2-8(5-17)10(4-9)13(14,15)16/h2-4,6H,1H3,(H,19,20). The molecule has 2 aromatic rings. The first-order valence-corrected chi connectivity index (χ1v) is 6.54. The number of rotatable bonds is 2. The van der Waals surface area contributed by atoms with Gasteiger partial charge in [-0.3, -0.25) is 4.79 Å². The van der Waals surface area contributed by atoms with Gasteiger partial charge in [0.15, 0.2) is 0 Å². The molecule has 4 nitrogen and oxygen atoms in total. The molecular formula is C13H8F3N3OS. The average Bonchev–Trinajstić information content (AvgIpc) is 2.84. The van der Waals surface area contributed by atoms with Crippen LogP contribution >= 0.6 is 11.3 Å². The van der Waals surface area contributed by atoms with Crippen LogP contribution in [0.15, 0.2) is 23.6 Å². The molecule has 2 rings (SSSR count). The third-order valence-corrected chi connectivity index (χ3v) is 3.33. The van der Waals surface area contributed by atoms with Gasteiger partial charge in [0, 0.05) is 11.1 Å². The maximum absolute atomic E-state index is 12.8. The van der Waals surface area contributed by atoms with Crippen molar-refractivity contribution >= 4 is 22.9 Å². The lowest BCUT2D eigenvalue weighted by Crippen LogP contribution is -2.14. The van der Waals surface area contributed by atoms with Crippen molar-refractivity contribution in [2.45, 2.75) is 13.1 Å². The van der Waals surface area contributed by atoms with Crippen LogP contribution in [0.1, 0.15) is 26.6 Å². The van der Waals surface area contributed by atoms with Crippen molar-refractivity contribution in [3.63, 3.8) is 0 Å². The van der Waals surface area contributed by atoms with Gasteiger partial charge in [0.25, 0.3) is 5.91 Å².